The third-order valence-electron chi connectivity index (χ3n) is 2.57. The summed E-state index contributed by atoms with van der Waals surface area (Å²) in [5.41, 5.74) is 2.74. The number of alkyl halides is 3. The normalized spacial score (nSPS) is 11.5. The van der Waals surface area contributed by atoms with Crippen molar-refractivity contribution in [3.63, 3.8) is 0 Å². The molecular formula is C13H11BrF3NO2S. The van der Waals surface area contributed by atoms with Gasteiger partial charge in [0.05, 0.1) is 22.3 Å². The minimum atomic E-state index is -4.71. The predicted molar refractivity (Wildman–Crippen MR) is 76.9 cm³/mol. The second kappa shape index (κ2) is 6.65. The van der Waals surface area contributed by atoms with Gasteiger partial charge in [0.25, 0.3) is 0 Å². The molecule has 1 heterocycles. The number of halogens is 4. The second-order valence-electron chi connectivity index (χ2n) is 4.10. The Hall–Kier alpha value is -1.28. The van der Waals surface area contributed by atoms with Crippen LogP contribution < -0.4 is 9.47 Å². The fourth-order valence-electron chi connectivity index (χ4n) is 1.61. The molecule has 21 heavy (non-hydrogen) atoms. The smallest absolute Gasteiger partial charge is 0.493 e. The zero-order chi connectivity index (χ0) is 15.5. The third kappa shape index (κ3) is 4.89. The first-order valence-corrected chi connectivity index (χ1v) is 7.59. The lowest BCUT2D eigenvalue weighted by Gasteiger charge is -2.12. The topological polar surface area (TPSA) is 31.4 Å². The summed E-state index contributed by atoms with van der Waals surface area (Å²) in [6.07, 6.45) is -4.01. The number of benzene rings is 1. The molecule has 1 aromatic carbocycles. The van der Waals surface area contributed by atoms with Crippen LogP contribution in [0.2, 0.25) is 0 Å². The van der Waals surface area contributed by atoms with E-state index >= 15 is 0 Å². The summed E-state index contributed by atoms with van der Waals surface area (Å²) in [7, 11) is 0. The van der Waals surface area contributed by atoms with Gasteiger partial charge in [-0.05, 0) is 41.1 Å². The van der Waals surface area contributed by atoms with Crippen LogP contribution in [0.1, 0.15) is 10.6 Å². The van der Waals surface area contributed by atoms with Gasteiger partial charge in [-0.25, -0.2) is 4.98 Å². The molecule has 0 atom stereocenters. The van der Waals surface area contributed by atoms with Gasteiger partial charge in [-0.3, -0.25) is 0 Å². The molecule has 0 aliphatic carbocycles. The SMILES string of the molecule is Cc1ncsc1CCOc1ccc(OC(F)(F)F)c(Br)c1. The largest absolute Gasteiger partial charge is 0.573 e. The van der Waals surface area contributed by atoms with Crippen LogP contribution in [0.4, 0.5) is 13.2 Å². The van der Waals surface area contributed by atoms with Crippen molar-refractivity contribution in [2.45, 2.75) is 19.7 Å². The van der Waals surface area contributed by atoms with E-state index < -0.39 is 6.36 Å². The molecule has 0 radical (unpaired) electrons. The molecule has 0 aliphatic rings. The number of aromatic nitrogens is 1. The molecule has 0 saturated carbocycles. The van der Waals surface area contributed by atoms with E-state index in [1.54, 1.807) is 16.8 Å². The number of nitrogens with zero attached hydrogens (tertiary/aromatic N) is 1. The van der Waals surface area contributed by atoms with Gasteiger partial charge < -0.3 is 9.47 Å². The van der Waals surface area contributed by atoms with E-state index in [0.29, 0.717) is 18.8 Å². The van der Waals surface area contributed by atoms with Crippen LogP contribution in [0.5, 0.6) is 11.5 Å². The van der Waals surface area contributed by atoms with E-state index in [0.717, 1.165) is 10.6 Å². The molecule has 0 fully saturated rings. The van der Waals surface area contributed by atoms with Crippen LogP contribution in [0, 0.1) is 6.92 Å². The third-order valence-corrected chi connectivity index (χ3v) is 4.19. The highest BCUT2D eigenvalue weighted by atomic mass is 79.9. The van der Waals surface area contributed by atoms with Crippen LogP contribution in [0.3, 0.4) is 0 Å². The first-order chi connectivity index (χ1) is 9.85. The van der Waals surface area contributed by atoms with Gasteiger partial charge in [0, 0.05) is 11.3 Å². The lowest BCUT2D eigenvalue weighted by molar-refractivity contribution is -0.274. The number of hydrogen-bond acceptors (Lipinski definition) is 4. The summed E-state index contributed by atoms with van der Waals surface area (Å²) in [6, 6.07) is 4.09. The highest BCUT2D eigenvalue weighted by Gasteiger charge is 2.31. The van der Waals surface area contributed by atoms with Crippen LogP contribution in [-0.2, 0) is 6.42 Å². The molecule has 3 nitrogen and oxygen atoms in total. The zero-order valence-electron chi connectivity index (χ0n) is 10.9. The van der Waals surface area contributed by atoms with Crippen molar-refractivity contribution in [3.05, 3.63) is 38.8 Å². The van der Waals surface area contributed by atoms with Gasteiger partial charge >= 0.3 is 6.36 Å². The maximum Gasteiger partial charge on any atom is 0.573 e. The molecule has 0 aliphatic heterocycles. The second-order valence-corrected chi connectivity index (χ2v) is 5.89. The Morgan fingerprint density at radius 3 is 2.67 bits per heavy atom. The van der Waals surface area contributed by atoms with Gasteiger partial charge in [0.1, 0.15) is 11.5 Å². The fourth-order valence-corrected chi connectivity index (χ4v) is 2.81. The number of ether oxygens (including phenoxy) is 2. The van der Waals surface area contributed by atoms with E-state index in [2.05, 4.69) is 25.7 Å². The van der Waals surface area contributed by atoms with Crippen molar-refractivity contribution >= 4 is 27.3 Å². The highest BCUT2D eigenvalue weighted by molar-refractivity contribution is 9.10. The average molecular weight is 382 g/mol. The van der Waals surface area contributed by atoms with Gasteiger partial charge in [-0.2, -0.15) is 0 Å². The van der Waals surface area contributed by atoms with Crippen molar-refractivity contribution in [1.82, 2.24) is 4.98 Å². The predicted octanol–water partition coefficient (Wildman–Crippen LogP) is 4.73. The van der Waals surface area contributed by atoms with E-state index in [9.17, 15) is 13.2 Å². The highest BCUT2D eigenvalue weighted by Crippen LogP contribution is 2.33. The van der Waals surface area contributed by atoms with E-state index in [1.165, 1.54) is 18.2 Å². The van der Waals surface area contributed by atoms with E-state index in [4.69, 9.17) is 4.74 Å². The van der Waals surface area contributed by atoms with Gasteiger partial charge in [-0.1, -0.05) is 0 Å². The Morgan fingerprint density at radius 1 is 1.33 bits per heavy atom. The summed E-state index contributed by atoms with van der Waals surface area (Å²) in [5, 5.41) is 0. The molecule has 0 N–H and O–H groups in total. The van der Waals surface area contributed by atoms with Crippen LogP contribution in [0.15, 0.2) is 28.2 Å². The van der Waals surface area contributed by atoms with Crippen LogP contribution in [0.25, 0.3) is 0 Å². The molecular weight excluding hydrogens is 371 g/mol. The molecule has 1 aromatic heterocycles. The monoisotopic (exact) mass is 381 g/mol. The summed E-state index contributed by atoms with van der Waals surface area (Å²) >= 11 is 4.58. The Bertz CT molecular complexity index is 616. The Kier molecular flexibility index (Phi) is 5.10. The first-order valence-electron chi connectivity index (χ1n) is 5.92. The minimum absolute atomic E-state index is 0.186. The first kappa shape index (κ1) is 16.1. The number of thiazole rings is 1. The molecule has 0 bridgehead atoms. The van der Waals surface area contributed by atoms with Gasteiger partial charge in [0.15, 0.2) is 0 Å². The van der Waals surface area contributed by atoms with Crippen molar-refractivity contribution in [2.75, 3.05) is 6.61 Å². The minimum Gasteiger partial charge on any atom is -0.493 e. The molecule has 114 valence electrons. The Morgan fingerprint density at radius 2 is 2.10 bits per heavy atom. The Balaban J connectivity index is 1.93. The molecule has 2 rings (SSSR count). The average Bonchev–Trinajstić information content (AvgIpc) is 2.77. The molecule has 0 amide bonds. The van der Waals surface area contributed by atoms with E-state index in [1.807, 2.05) is 6.92 Å². The Labute approximate surface area is 131 Å². The van der Waals surface area contributed by atoms with Crippen molar-refractivity contribution < 1.29 is 22.6 Å². The van der Waals surface area contributed by atoms with E-state index in [-0.39, 0.29) is 10.2 Å². The maximum absolute atomic E-state index is 12.1. The number of hydrogen-bond donors (Lipinski definition) is 0. The molecule has 8 heteroatoms. The van der Waals surface area contributed by atoms with Crippen molar-refractivity contribution in [2.24, 2.45) is 0 Å². The molecule has 0 unspecified atom stereocenters. The lowest BCUT2D eigenvalue weighted by atomic mass is 10.3. The number of aryl methyl sites for hydroxylation is 1. The van der Waals surface area contributed by atoms with Gasteiger partial charge in [0.2, 0.25) is 0 Å². The molecule has 0 spiro atoms. The summed E-state index contributed by atoms with van der Waals surface area (Å²) in [4.78, 5) is 5.27. The summed E-state index contributed by atoms with van der Waals surface area (Å²) in [6.45, 7) is 2.35. The van der Waals surface area contributed by atoms with Crippen LogP contribution >= 0.6 is 27.3 Å². The summed E-state index contributed by atoms with van der Waals surface area (Å²) < 4.78 is 46.0. The summed E-state index contributed by atoms with van der Waals surface area (Å²) in [5.74, 6) is 0.173. The lowest BCUT2D eigenvalue weighted by Crippen LogP contribution is -2.17. The van der Waals surface area contributed by atoms with Crippen molar-refractivity contribution in [1.29, 1.82) is 0 Å². The maximum atomic E-state index is 12.1. The zero-order valence-corrected chi connectivity index (χ0v) is 13.3. The van der Waals surface area contributed by atoms with Gasteiger partial charge in [-0.15, -0.1) is 24.5 Å². The number of rotatable bonds is 5. The van der Waals surface area contributed by atoms with Crippen LogP contribution in [-0.4, -0.2) is 18.0 Å². The fraction of sp³-hybridized carbons (Fsp3) is 0.308. The molecule has 2 aromatic rings. The standard InChI is InChI=1S/C13H11BrF3NO2S/c1-8-12(21-7-18-8)4-5-19-9-2-3-11(10(14)6-9)20-13(15,16)17/h2-3,6-7H,4-5H2,1H3. The van der Waals surface area contributed by atoms with Crippen molar-refractivity contribution in [3.8, 4) is 11.5 Å². The molecule has 0 saturated heterocycles. The quantitative estimate of drug-likeness (QED) is 0.749.